The van der Waals surface area contributed by atoms with Gasteiger partial charge in [-0.1, -0.05) is 12.1 Å². The topological polar surface area (TPSA) is 87.5 Å². The van der Waals surface area contributed by atoms with Crippen molar-refractivity contribution in [1.29, 1.82) is 0 Å². The number of aromatic nitrogens is 2. The van der Waals surface area contributed by atoms with Gasteiger partial charge in [-0.25, -0.2) is 9.37 Å². The number of nitro benzene ring substituents is 1. The third-order valence-corrected chi connectivity index (χ3v) is 4.96. The number of rotatable bonds is 4. The number of fused-ring (bicyclic) bond motifs is 1. The van der Waals surface area contributed by atoms with E-state index in [1.165, 1.54) is 13.2 Å². The Hall–Kier alpha value is -3.36. The van der Waals surface area contributed by atoms with Crippen LogP contribution in [0.15, 0.2) is 36.4 Å². The number of ether oxygens (including phenoxy) is 1. The zero-order valence-electron chi connectivity index (χ0n) is 15.4. The Labute approximate surface area is 160 Å². The summed E-state index contributed by atoms with van der Waals surface area (Å²) in [5, 5.41) is 11.4. The molecule has 0 amide bonds. The van der Waals surface area contributed by atoms with Crippen LogP contribution in [0.2, 0.25) is 0 Å². The summed E-state index contributed by atoms with van der Waals surface area (Å²) in [6, 6.07) is 10.2. The van der Waals surface area contributed by atoms with Crippen LogP contribution in [0, 0.1) is 15.9 Å². The number of benzene rings is 2. The van der Waals surface area contributed by atoms with E-state index in [1.54, 1.807) is 0 Å². The lowest BCUT2D eigenvalue weighted by Gasteiger charge is -2.23. The highest BCUT2D eigenvalue weighted by atomic mass is 19.1. The molecule has 1 N–H and O–H groups in total. The van der Waals surface area contributed by atoms with Gasteiger partial charge in [0.25, 0.3) is 5.69 Å². The van der Waals surface area contributed by atoms with Gasteiger partial charge in [0.1, 0.15) is 5.69 Å². The van der Waals surface area contributed by atoms with Crippen LogP contribution < -0.4 is 14.5 Å². The Morgan fingerprint density at radius 1 is 1.18 bits per heavy atom. The molecule has 0 spiro atoms. The van der Waals surface area contributed by atoms with E-state index in [4.69, 9.17) is 4.74 Å². The number of nitrogens with zero attached hydrogens (tertiary/aromatic N) is 4. The minimum Gasteiger partial charge on any atom is -0.494 e. The van der Waals surface area contributed by atoms with Crippen molar-refractivity contribution in [2.75, 3.05) is 43.1 Å². The first-order valence-corrected chi connectivity index (χ1v) is 9.03. The molecule has 1 aromatic heterocycles. The van der Waals surface area contributed by atoms with Crippen LogP contribution in [0.3, 0.4) is 0 Å². The van der Waals surface area contributed by atoms with Gasteiger partial charge in [0, 0.05) is 32.2 Å². The lowest BCUT2D eigenvalue weighted by Crippen LogP contribution is -2.31. The number of H-pyrrole nitrogens is 1. The molecule has 4 rings (SSSR count). The van der Waals surface area contributed by atoms with Gasteiger partial charge in [0.2, 0.25) is 5.95 Å². The molecule has 0 atom stereocenters. The highest BCUT2D eigenvalue weighted by Crippen LogP contribution is 2.35. The number of aromatic amines is 1. The number of halogens is 1. The lowest BCUT2D eigenvalue weighted by molar-refractivity contribution is -0.384. The number of para-hydroxylation sites is 2. The largest absolute Gasteiger partial charge is 0.494 e. The van der Waals surface area contributed by atoms with Crippen LogP contribution in [0.25, 0.3) is 11.0 Å². The smallest absolute Gasteiger partial charge is 0.295 e. The highest BCUT2D eigenvalue weighted by Gasteiger charge is 2.26. The number of anilines is 2. The number of imidazole rings is 1. The van der Waals surface area contributed by atoms with Gasteiger partial charge < -0.3 is 19.5 Å². The Morgan fingerprint density at radius 3 is 2.68 bits per heavy atom. The summed E-state index contributed by atoms with van der Waals surface area (Å²) in [6.45, 7) is 2.57. The number of hydrogen-bond acceptors (Lipinski definition) is 6. The van der Waals surface area contributed by atoms with Crippen LogP contribution in [-0.2, 0) is 0 Å². The summed E-state index contributed by atoms with van der Waals surface area (Å²) in [5.74, 6) is 0.0462. The van der Waals surface area contributed by atoms with Crippen LogP contribution >= 0.6 is 0 Å². The van der Waals surface area contributed by atoms with E-state index in [0.717, 1.165) is 36.0 Å². The fourth-order valence-corrected chi connectivity index (χ4v) is 3.55. The normalized spacial score (nSPS) is 14.9. The summed E-state index contributed by atoms with van der Waals surface area (Å²) >= 11 is 0. The number of nitrogens with one attached hydrogen (secondary N) is 1. The zero-order chi connectivity index (χ0) is 19.7. The molecule has 8 nitrogen and oxygen atoms in total. The third kappa shape index (κ3) is 3.30. The summed E-state index contributed by atoms with van der Waals surface area (Å²) in [4.78, 5) is 22.9. The molecule has 0 radical (unpaired) electrons. The summed E-state index contributed by atoms with van der Waals surface area (Å²) in [7, 11) is 1.35. The maximum Gasteiger partial charge on any atom is 0.295 e. The Bertz CT molecular complexity index is 989. The van der Waals surface area contributed by atoms with E-state index in [-0.39, 0.29) is 11.4 Å². The SMILES string of the molecule is COc1cc(N2CCCN(c3nc4ccccc4[nH]3)CC2)c([N+](=O)[O-])cc1F. The van der Waals surface area contributed by atoms with Gasteiger partial charge in [0.15, 0.2) is 11.6 Å². The first-order valence-electron chi connectivity index (χ1n) is 9.03. The molecular formula is C19H20FN5O3. The molecule has 0 aliphatic carbocycles. The highest BCUT2D eigenvalue weighted by molar-refractivity contribution is 5.77. The van der Waals surface area contributed by atoms with Gasteiger partial charge in [-0.05, 0) is 18.6 Å². The predicted octanol–water partition coefficient (Wildman–Crippen LogP) is 3.34. The van der Waals surface area contributed by atoms with Crippen molar-refractivity contribution in [3.05, 3.63) is 52.3 Å². The molecule has 0 bridgehead atoms. The van der Waals surface area contributed by atoms with E-state index in [2.05, 4.69) is 14.9 Å². The third-order valence-electron chi connectivity index (χ3n) is 4.96. The van der Waals surface area contributed by atoms with Crippen LogP contribution in [0.1, 0.15) is 6.42 Å². The Kier molecular flexibility index (Phi) is 4.72. The van der Waals surface area contributed by atoms with Gasteiger partial charge >= 0.3 is 0 Å². The minimum atomic E-state index is -0.739. The molecule has 1 saturated heterocycles. The molecule has 2 aromatic carbocycles. The minimum absolute atomic E-state index is 0.000938. The average molecular weight is 385 g/mol. The van der Waals surface area contributed by atoms with Crippen molar-refractivity contribution < 1.29 is 14.1 Å². The van der Waals surface area contributed by atoms with Crippen LogP contribution in [0.4, 0.5) is 21.7 Å². The first kappa shape index (κ1) is 18.0. The molecule has 9 heteroatoms. The fourth-order valence-electron chi connectivity index (χ4n) is 3.55. The van der Waals surface area contributed by atoms with Crippen molar-refractivity contribution >= 4 is 28.4 Å². The standard InChI is InChI=1S/C19H20FN5O3/c1-28-18-12-16(17(25(26)27)11-13(18)20)23-7-4-8-24(10-9-23)19-21-14-5-2-3-6-15(14)22-19/h2-3,5-6,11-12H,4,7-10H2,1H3,(H,21,22). The Balaban J connectivity index is 1.59. The monoisotopic (exact) mass is 385 g/mol. The van der Waals surface area contributed by atoms with E-state index >= 15 is 0 Å². The molecule has 1 fully saturated rings. The molecule has 2 heterocycles. The second-order valence-corrected chi connectivity index (χ2v) is 6.64. The van der Waals surface area contributed by atoms with Gasteiger partial charge in [-0.15, -0.1) is 0 Å². The van der Waals surface area contributed by atoms with E-state index in [0.29, 0.717) is 25.3 Å². The molecule has 1 aliphatic heterocycles. The molecule has 3 aromatic rings. The number of nitro groups is 1. The van der Waals surface area contributed by atoms with E-state index in [1.807, 2.05) is 29.2 Å². The second-order valence-electron chi connectivity index (χ2n) is 6.64. The van der Waals surface area contributed by atoms with Crippen molar-refractivity contribution in [3.63, 3.8) is 0 Å². The summed E-state index contributed by atoms with van der Waals surface area (Å²) < 4.78 is 19.0. The molecule has 0 saturated carbocycles. The van der Waals surface area contributed by atoms with Gasteiger partial charge in [-0.2, -0.15) is 0 Å². The van der Waals surface area contributed by atoms with Crippen molar-refractivity contribution in [2.45, 2.75) is 6.42 Å². The van der Waals surface area contributed by atoms with Gasteiger partial charge in [0.05, 0.1) is 29.1 Å². The maximum atomic E-state index is 14.0. The quantitative estimate of drug-likeness (QED) is 0.547. The van der Waals surface area contributed by atoms with Crippen LogP contribution in [-0.4, -0.2) is 48.2 Å². The van der Waals surface area contributed by atoms with Crippen molar-refractivity contribution in [3.8, 4) is 5.75 Å². The molecule has 28 heavy (non-hydrogen) atoms. The first-order chi connectivity index (χ1) is 13.6. The van der Waals surface area contributed by atoms with E-state index in [9.17, 15) is 14.5 Å². The fraction of sp³-hybridized carbons (Fsp3) is 0.316. The summed E-state index contributed by atoms with van der Waals surface area (Å²) in [6.07, 6.45) is 0.786. The predicted molar refractivity (Wildman–Crippen MR) is 105 cm³/mol. The molecule has 146 valence electrons. The zero-order valence-corrected chi connectivity index (χ0v) is 15.4. The lowest BCUT2D eigenvalue weighted by atomic mass is 10.2. The van der Waals surface area contributed by atoms with Crippen molar-refractivity contribution in [2.24, 2.45) is 0 Å². The van der Waals surface area contributed by atoms with Gasteiger partial charge in [-0.3, -0.25) is 10.1 Å². The van der Waals surface area contributed by atoms with Crippen LogP contribution in [0.5, 0.6) is 5.75 Å². The van der Waals surface area contributed by atoms with Crippen molar-refractivity contribution in [1.82, 2.24) is 9.97 Å². The maximum absolute atomic E-state index is 14.0. The number of hydrogen-bond donors (Lipinski definition) is 1. The average Bonchev–Trinajstić information content (AvgIpc) is 2.97. The molecule has 1 aliphatic rings. The Morgan fingerprint density at radius 2 is 1.93 bits per heavy atom. The summed E-state index contributed by atoms with van der Waals surface area (Å²) in [5.41, 5.74) is 1.99. The molecule has 0 unspecified atom stereocenters. The van der Waals surface area contributed by atoms with E-state index < -0.39 is 10.7 Å². The second kappa shape index (κ2) is 7.34. The molecular weight excluding hydrogens is 365 g/mol. The number of methoxy groups -OCH3 is 1.